The number of amides is 1. The number of benzene rings is 1. The van der Waals surface area contributed by atoms with Gasteiger partial charge in [-0.15, -0.1) is 0 Å². The predicted octanol–water partition coefficient (Wildman–Crippen LogP) is 1.72. The van der Waals surface area contributed by atoms with Crippen LogP contribution >= 0.6 is 0 Å². The topological polar surface area (TPSA) is 66.8 Å². The van der Waals surface area contributed by atoms with Crippen LogP contribution in [-0.2, 0) is 11.2 Å². The Kier molecular flexibility index (Phi) is 3.69. The number of ether oxygens (including phenoxy) is 1. The van der Waals surface area contributed by atoms with Crippen molar-refractivity contribution in [1.82, 2.24) is 4.90 Å². The Morgan fingerprint density at radius 1 is 1.42 bits per heavy atom. The molecule has 0 unspecified atom stereocenters. The van der Waals surface area contributed by atoms with E-state index in [0.717, 1.165) is 10.5 Å². The van der Waals surface area contributed by atoms with Gasteiger partial charge < -0.3 is 9.84 Å². The molecule has 1 aliphatic heterocycles. The number of hydrogen-bond acceptors (Lipinski definition) is 3. The summed E-state index contributed by atoms with van der Waals surface area (Å²) in [4.78, 5) is 23.1. The van der Waals surface area contributed by atoms with Crippen LogP contribution in [0.15, 0.2) is 24.3 Å². The maximum Gasteiger partial charge on any atom is 0.407 e. The molecule has 0 aromatic heterocycles. The highest BCUT2D eigenvalue weighted by atomic mass is 19.1. The highest BCUT2D eigenvalue weighted by molar-refractivity contribution is 5.89. The summed E-state index contributed by atoms with van der Waals surface area (Å²) < 4.78 is 17.9. The molecular formula is C13H14FNO4. The lowest BCUT2D eigenvalue weighted by Gasteiger charge is -2.42. The second-order valence-electron chi connectivity index (χ2n) is 4.41. The zero-order valence-electron chi connectivity index (χ0n) is 10.4. The normalized spacial score (nSPS) is 21.7. The lowest BCUT2D eigenvalue weighted by molar-refractivity contribution is 0.00242. The van der Waals surface area contributed by atoms with Crippen molar-refractivity contribution in [3.63, 3.8) is 0 Å². The Labute approximate surface area is 109 Å². The lowest BCUT2D eigenvalue weighted by Crippen LogP contribution is -2.60. The molecule has 1 saturated heterocycles. The van der Waals surface area contributed by atoms with Crippen LogP contribution in [0.1, 0.15) is 15.9 Å². The van der Waals surface area contributed by atoms with Crippen LogP contribution in [0.2, 0.25) is 0 Å². The first-order chi connectivity index (χ1) is 9.02. The molecule has 0 radical (unpaired) electrons. The van der Waals surface area contributed by atoms with Gasteiger partial charge in [-0.1, -0.05) is 12.1 Å². The van der Waals surface area contributed by atoms with Gasteiger partial charge in [0, 0.05) is 0 Å². The number of carbonyl (C=O) groups is 2. The summed E-state index contributed by atoms with van der Waals surface area (Å²) >= 11 is 0. The van der Waals surface area contributed by atoms with Crippen molar-refractivity contribution in [1.29, 1.82) is 0 Å². The number of carbonyl (C=O) groups excluding carboxylic acids is 1. The number of esters is 1. The summed E-state index contributed by atoms with van der Waals surface area (Å²) in [6.07, 6.45) is -1.93. The van der Waals surface area contributed by atoms with Crippen molar-refractivity contribution in [2.24, 2.45) is 0 Å². The molecule has 19 heavy (non-hydrogen) atoms. The van der Waals surface area contributed by atoms with Crippen molar-refractivity contribution in [2.75, 3.05) is 13.7 Å². The van der Waals surface area contributed by atoms with Crippen molar-refractivity contribution in [2.45, 2.75) is 18.6 Å². The maximum absolute atomic E-state index is 13.4. The van der Waals surface area contributed by atoms with Gasteiger partial charge in [-0.3, -0.25) is 4.90 Å². The first-order valence-electron chi connectivity index (χ1n) is 5.84. The summed E-state index contributed by atoms with van der Waals surface area (Å²) in [6, 6.07) is 5.88. The van der Waals surface area contributed by atoms with E-state index in [1.807, 2.05) is 0 Å². The Hall–Kier alpha value is -2.11. The van der Waals surface area contributed by atoms with E-state index in [2.05, 4.69) is 4.74 Å². The smallest absolute Gasteiger partial charge is 0.407 e. The third-order valence-corrected chi connectivity index (χ3v) is 3.25. The molecule has 0 bridgehead atoms. The summed E-state index contributed by atoms with van der Waals surface area (Å²) in [5.74, 6) is -0.439. The van der Waals surface area contributed by atoms with Gasteiger partial charge in [0.25, 0.3) is 0 Å². The van der Waals surface area contributed by atoms with Gasteiger partial charge in [0.2, 0.25) is 0 Å². The number of likely N-dealkylation sites (tertiary alicyclic amines) is 1. The fourth-order valence-electron chi connectivity index (χ4n) is 2.10. The number of hydrogen-bond donors (Lipinski definition) is 1. The molecule has 0 saturated carbocycles. The number of nitrogens with zero attached hydrogens (tertiary/aromatic N) is 1. The molecule has 1 aromatic carbocycles. The predicted molar refractivity (Wildman–Crippen MR) is 64.9 cm³/mol. The van der Waals surface area contributed by atoms with Crippen LogP contribution in [0, 0.1) is 0 Å². The van der Waals surface area contributed by atoms with Crippen LogP contribution in [0.4, 0.5) is 9.18 Å². The molecule has 102 valence electrons. The molecule has 2 rings (SSSR count). The molecule has 5 nitrogen and oxygen atoms in total. The Bertz CT molecular complexity index is 488. The average molecular weight is 267 g/mol. The fraction of sp³-hybridized carbons (Fsp3) is 0.385. The number of alkyl halides is 1. The van der Waals surface area contributed by atoms with Crippen LogP contribution < -0.4 is 0 Å². The SMILES string of the molecule is COC(=O)c1ccc(C[C@H]2[C@@H](F)CN2C(=O)O)cc1. The first-order valence-corrected chi connectivity index (χ1v) is 5.84. The quantitative estimate of drug-likeness (QED) is 0.847. The van der Waals surface area contributed by atoms with Crippen LogP contribution in [-0.4, -0.2) is 47.9 Å². The minimum atomic E-state index is -1.13. The second kappa shape index (κ2) is 5.26. The molecule has 0 aliphatic carbocycles. The van der Waals surface area contributed by atoms with E-state index >= 15 is 0 Å². The number of carboxylic acid groups (broad SMARTS) is 1. The molecule has 2 atom stereocenters. The molecule has 1 fully saturated rings. The van der Waals surface area contributed by atoms with E-state index in [1.54, 1.807) is 24.3 Å². The Morgan fingerprint density at radius 2 is 2.05 bits per heavy atom. The van der Waals surface area contributed by atoms with Crippen molar-refractivity contribution >= 4 is 12.1 Å². The van der Waals surface area contributed by atoms with Gasteiger partial charge in [-0.25, -0.2) is 14.0 Å². The number of rotatable bonds is 3. The number of methoxy groups -OCH3 is 1. The highest BCUT2D eigenvalue weighted by Crippen LogP contribution is 2.25. The average Bonchev–Trinajstić information content (AvgIpc) is 2.41. The van der Waals surface area contributed by atoms with E-state index in [-0.39, 0.29) is 6.54 Å². The van der Waals surface area contributed by atoms with Gasteiger partial charge in [-0.2, -0.15) is 0 Å². The van der Waals surface area contributed by atoms with E-state index in [4.69, 9.17) is 5.11 Å². The summed E-state index contributed by atoms with van der Waals surface area (Å²) in [6.45, 7) is -0.0692. The highest BCUT2D eigenvalue weighted by Gasteiger charge is 2.42. The summed E-state index contributed by atoms with van der Waals surface area (Å²) in [5.41, 5.74) is 1.19. The molecular weight excluding hydrogens is 253 g/mol. The molecule has 1 amide bonds. The third kappa shape index (κ3) is 2.67. The van der Waals surface area contributed by atoms with Crippen LogP contribution in [0.3, 0.4) is 0 Å². The lowest BCUT2D eigenvalue weighted by atomic mass is 9.93. The maximum atomic E-state index is 13.4. The molecule has 6 heteroatoms. The van der Waals surface area contributed by atoms with Gasteiger partial charge in [0.15, 0.2) is 0 Å². The van der Waals surface area contributed by atoms with E-state index < -0.39 is 24.3 Å². The summed E-state index contributed by atoms with van der Waals surface area (Å²) in [7, 11) is 1.29. The van der Waals surface area contributed by atoms with Crippen molar-refractivity contribution in [3.8, 4) is 0 Å². The van der Waals surface area contributed by atoms with Crippen molar-refractivity contribution < 1.29 is 23.8 Å². The second-order valence-corrected chi connectivity index (χ2v) is 4.41. The van der Waals surface area contributed by atoms with Gasteiger partial charge >= 0.3 is 12.1 Å². The minimum Gasteiger partial charge on any atom is -0.465 e. The zero-order chi connectivity index (χ0) is 14.0. The Balaban J connectivity index is 2.03. The van der Waals surface area contributed by atoms with Crippen molar-refractivity contribution in [3.05, 3.63) is 35.4 Å². The number of halogens is 1. The zero-order valence-corrected chi connectivity index (χ0v) is 10.4. The van der Waals surface area contributed by atoms with Gasteiger partial charge in [0.1, 0.15) is 6.17 Å². The van der Waals surface area contributed by atoms with Crippen LogP contribution in [0.25, 0.3) is 0 Å². The molecule has 1 heterocycles. The van der Waals surface area contributed by atoms with E-state index in [1.165, 1.54) is 7.11 Å². The van der Waals surface area contributed by atoms with Gasteiger partial charge in [-0.05, 0) is 24.1 Å². The van der Waals surface area contributed by atoms with E-state index in [0.29, 0.717) is 12.0 Å². The van der Waals surface area contributed by atoms with Gasteiger partial charge in [0.05, 0.1) is 25.3 Å². The van der Waals surface area contributed by atoms with E-state index in [9.17, 15) is 14.0 Å². The monoisotopic (exact) mass is 267 g/mol. The van der Waals surface area contributed by atoms with Crippen LogP contribution in [0.5, 0.6) is 0 Å². The minimum absolute atomic E-state index is 0.0692. The molecule has 0 spiro atoms. The largest absolute Gasteiger partial charge is 0.465 e. The molecule has 1 N–H and O–H groups in total. The Morgan fingerprint density at radius 3 is 2.53 bits per heavy atom. The molecule has 1 aliphatic rings. The molecule has 1 aromatic rings. The third-order valence-electron chi connectivity index (χ3n) is 3.25. The first kappa shape index (κ1) is 13.3. The fourth-order valence-corrected chi connectivity index (χ4v) is 2.10. The standard InChI is InChI=1S/C13H14FNO4/c1-19-12(16)9-4-2-8(3-5-9)6-11-10(14)7-15(11)13(17)18/h2-5,10-11H,6-7H2,1H3,(H,17,18)/t10-,11-/m0/s1. The summed E-state index contributed by atoms with van der Waals surface area (Å²) in [5, 5.41) is 8.85.